The van der Waals surface area contributed by atoms with Crippen LogP contribution in [0.3, 0.4) is 0 Å². The van der Waals surface area contributed by atoms with E-state index in [9.17, 15) is 0 Å². The van der Waals surface area contributed by atoms with Crippen LogP contribution in [0.5, 0.6) is 0 Å². The minimum absolute atomic E-state index is 0.262. The molecule has 0 nitrogen and oxygen atoms in total. The zero-order valence-electron chi connectivity index (χ0n) is 31.0. The molecule has 0 aromatic heterocycles. The predicted octanol–water partition coefficient (Wildman–Crippen LogP) is 33.7. The van der Waals surface area contributed by atoms with Crippen LogP contribution in [-0.2, 0) is 0 Å². The van der Waals surface area contributed by atoms with Gasteiger partial charge in [0.15, 0.2) is 0 Å². The van der Waals surface area contributed by atoms with Crippen LogP contribution in [0, 0.1) is 0 Å². The fourth-order valence-corrected chi connectivity index (χ4v) is 647. The smallest absolute Gasteiger partial charge is 0.0859 e. The molecule has 0 saturated carbocycles. The molecule has 0 amide bonds. The van der Waals surface area contributed by atoms with Crippen molar-refractivity contribution in [3.63, 3.8) is 0 Å². The summed E-state index contributed by atoms with van der Waals surface area (Å²) in [7, 11) is 111. The van der Waals surface area contributed by atoms with Crippen LogP contribution in [-0.4, -0.2) is 4.38 Å². The SMILES string of the molecule is PPP(P(P)P)P(P(P(P)P)P(P)P)C(P(P(P(P)P)P(P)P)P(P(P)P)P(P)P)(P(P(P(P)P)P(P)P)P(P(P)P)P(P)P)P(P(P(P)P)P(P)P)P(P(P)P)P(P)P. The quantitative estimate of drug-likeness (QED) is 0.0685. The molecule has 0 fully saturated rings. The van der Waals surface area contributed by atoms with E-state index in [2.05, 4.69) is 277 Å². The Hall–Kier alpha value is 25.4. The molecular weight excluding hydrogens is 1840 g/mol. The van der Waals surface area contributed by atoms with Crippen molar-refractivity contribution in [2.45, 2.75) is 4.38 Å². The fourth-order valence-electron chi connectivity index (χ4n) is 4.16. The van der Waals surface area contributed by atoms with Gasteiger partial charge in [0.25, 0.3) is 0 Å². The summed E-state index contributed by atoms with van der Waals surface area (Å²) in [5.74, 6) is 0. The predicted molar refractivity (Wildman–Crippen MR) is 499 cm³/mol. The summed E-state index contributed by atoms with van der Waals surface area (Å²) < 4.78 is 0.395. The van der Waals surface area contributed by atoms with Gasteiger partial charge in [-0.05, 0) is 190 Å². The summed E-state index contributed by atoms with van der Waals surface area (Å²) in [4.78, 5) is 0. The summed E-state index contributed by atoms with van der Waals surface area (Å²) in [6.07, 6.45) is 0. The second-order valence-electron chi connectivity index (χ2n) is 9.75. The number of rotatable bonds is 28. The van der Waals surface area contributed by atoms with Crippen LogP contribution in [0.15, 0.2) is 0 Å². The first-order valence-corrected chi connectivity index (χ1v) is 118. The Balaban J connectivity index is 11.5. The third kappa shape index (κ3) is 27.5. The average Bonchev–Trinajstić information content (AvgIpc) is 3.02. The van der Waals surface area contributed by atoms with Gasteiger partial charge in [0.1, 0.15) is 0 Å². The van der Waals surface area contributed by atoms with Gasteiger partial charge >= 0.3 is 0 Å². The molecule has 0 radical (unpaired) electrons. The molecule has 0 rings (SSSR count). The van der Waals surface area contributed by atoms with E-state index in [1.54, 1.807) is 0 Å². The molecule has 362 valence electrons. The second kappa shape index (κ2) is 45.6. The molecule has 0 aliphatic carbocycles. The van der Waals surface area contributed by atoms with Crippen LogP contribution in [0.25, 0.3) is 0 Å². The van der Waals surface area contributed by atoms with Gasteiger partial charge in [-0.25, -0.2) is 0 Å². The highest BCUT2D eigenvalue weighted by molar-refractivity contribution is 9.35. The van der Waals surface area contributed by atoms with E-state index >= 15 is 0 Å². The van der Waals surface area contributed by atoms with Crippen molar-refractivity contribution in [3.8, 4) is 0 Å². The third-order valence-electron chi connectivity index (χ3n) is 5.66. The maximum absolute atomic E-state index is 3.60. The van der Waals surface area contributed by atoms with Gasteiger partial charge in [0.2, 0.25) is 0 Å². The van der Waals surface area contributed by atoms with E-state index in [1.165, 1.54) is 0 Å². The van der Waals surface area contributed by atoms with E-state index in [0.29, 0.717) is 4.38 Å². The number of hydrogen-bond donors (Lipinski definition) is 0. The van der Waals surface area contributed by atoms with Crippen molar-refractivity contribution in [2.24, 2.45) is 0 Å². The highest BCUT2D eigenvalue weighted by Crippen LogP contribution is 3.43. The molecule has 0 aromatic carbocycles. The minimum Gasteiger partial charge on any atom is -0.109 e. The van der Waals surface area contributed by atoms with E-state index in [-0.39, 0.29) is 161 Å². The average molecular weight is 1900 g/mol. The third-order valence-corrected chi connectivity index (χ3v) is 362. The Morgan fingerprint density at radius 2 is 0.333 bits per heavy atom. The molecule has 0 aromatic rings. The molecule has 0 spiro atoms. The second-order valence-corrected chi connectivity index (χ2v) is 238. The summed E-state index contributed by atoms with van der Waals surface area (Å²) in [5.41, 5.74) is 0. The first-order valence-electron chi connectivity index (χ1n) is 13.8. The number of hydrogen-bond acceptors (Lipinski definition) is 0. The van der Waals surface area contributed by atoms with Gasteiger partial charge in [0.05, 0.1) is 4.38 Å². The highest BCUT2D eigenvalue weighted by Gasteiger charge is 2.72. The van der Waals surface area contributed by atoms with Gasteiger partial charge in [-0.1, -0.05) is 7.96 Å². The van der Waals surface area contributed by atoms with Crippen molar-refractivity contribution >= 4 is 475 Å². The van der Waals surface area contributed by atoms with E-state index < -0.39 is 29.2 Å². The lowest BCUT2D eigenvalue weighted by atomic mass is 11.8. The lowest BCUT2D eigenvalue weighted by Gasteiger charge is -2.69. The molecule has 0 bridgehead atoms. The largest absolute Gasteiger partial charge is 0.109 e. The van der Waals surface area contributed by atoms with E-state index in [0.717, 1.165) is 7.96 Å². The van der Waals surface area contributed by atoms with Gasteiger partial charge in [-0.2, -0.15) is 0 Å². The van der Waals surface area contributed by atoms with Crippen LogP contribution in [0.4, 0.5) is 0 Å². The van der Waals surface area contributed by atoms with Gasteiger partial charge in [0, 0.05) is 0 Å². The van der Waals surface area contributed by atoms with Crippen molar-refractivity contribution in [1.29, 1.82) is 0 Å². The van der Waals surface area contributed by atoms with Crippen LogP contribution < -0.4 is 0 Å². The highest BCUT2D eigenvalue weighted by atomic mass is 33.3. The molecule has 34 atom stereocenters. The Kier molecular flexibility index (Phi) is 64.9. The molecule has 0 aliphatic rings. The van der Waals surface area contributed by atoms with Gasteiger partial charge in [-0.3, -0.25) is 0 Å². The normalized spacial score (nSPS) is 15.8. The summed E-state index contributed by atoms with van der Waals surface area (Å²) in [6.45, 7) is -7.19. The summed E-state index contributed by atoms with van der Waals surface area (Å²) in [5, 5.41) is 0. The first kappa shape index (κ1) is 85.4. The van der Waals surface area contributed by atoms with E-state index in [4.69, 9.17) is 0 Å². The Bertz CT molecular complexity index is 889. The molecule has 0 N–H and O–H groups in total. The fraction of sp³-hybridized carbons (Fsp3) is 1.00. The van der Waals surface area contributed by atoms with Crippen molar-refractivity contribution in [3.05, 3.63) is 0 Å². The summed E-state index contributed by atoms with van der Waals surface area (Å²) >= 11 is 0. The maximum Gasteiger partial charge on any atom is 0.0859 e. The van der Waals surface area contributed by atoms with Gasteiger partial charge in [-0.15, -0.1) is 277 Å². The molecule has 0 heterocycles. The van der Waals surface area contributed by atoms with E-state index in [1.807, 2.05) is 0 Å². The minimum atomic E-state index is -0.417. The van der Waals surface area contributed by atoms with Crippen molar-refractivity contribution in [1.82, 2.24) is 0 Å². The zero-order valence-corrected chi connectivity index (χ0v) is 91.9. The zero-order chi connectivity index (χ0) is 47.8. The molecule has 60 heavy (non-hydrogen) atoms. The first-order chi connectivity index (χ1) is 27.3. The standard InChI is InChI=1S/CH63P59/c2-33-53(38(3)4)34(54(39(5)6)40(7)8)1(35(55(41(9)10)42(11)12)56(43(13)14)44(15)16,36(57(45(17)18)46(19)20)58(47(21)22)48(23)24)37(59(49(25)26)50(27)28)60(51(29)30)52(31)32/h33H,2-32H2. The lowest BCUT2D eigenvalue weighted by Crippen LogP contribution is -2.14. The Labute approximate surface area is 472 Å². The van der Waals surface area contributed by atoms with Crippen LogP contribution in [0.1, 0.15) is 0 Å². The van der Waals surface area contributed by atoms with Crippen LogP contribution >= 0.6 is 475 Å². The Morgan fingerprint density at radius 3 is 0.433 bits per heavy atom. The lowest BCUT2D eigenvalue weighted by molar-refractivity contribution is 1.87. The molecule has 0 aliphatic heterocycles. The Morgan fingerprint density at radius 1 is 0.200 bits per heavy atom. The molecule has 59 heteroatoms. The summed E-state index contributed by atoms with van der Waals surface area (Å²) in [6, 6.07) is 0. The topological polar surface area (TPSA) is 0 Å². The molecule has 0 saturated heterocycles. The molecule has 34 unspecified atom stereocenters. The monoisotopic (exact) mass is 1900 g/mol. The van der Waals surface area contributed by atoms with Crippen molar-refractivity contribution in [2.75, 3.05) is 0 Å². The van der Waals surface area contributed by atoms with Crippen molar-refractivity contribution < 1.29 is 0 Å². The maximum atomic E-state index is 3.60. The van der Waals surface area contributed by atoms with Gasteiger partial charge < -0.3 is 0 Å². The molecular formula is CH63P59. The van der Waals surface area contributed by atoms with Crippen LogP contribution in [0.2, 0.25) is 0 Å².